The zero-order valence-electron chi connectivity index (χ0n) is 9.48. The van der Waals surface area contributed by atoms with Gasteiger partial charge in [-0.15, -0.1) is 0 Å². The molecular formula is C12H12BrFN4. The molecule has 1 aromatic heterocycles. The molecule has 2 aromatic rings. The minimum absolute atomic E-state index is 0.163. The molecule has 1 heterocycles. The molecule has 1 aromatic carbocycles. The van der Waals surface area contributed by atoms with Gasteiger partial charge in [0.05, 0.1) is 6.04 Å². The Morgan fingerprint density at radius 3 is 2.72 bits per heavy atom. The van der Waals surface area contributed by atoms with Gasteiger partial charge < -0.3 is 0 Å². The maximum Gasteiger partial charge on any atom is 0.123 e. The van der Waals surface area contributed by atoms with Crippen molar-refractivity contribution >= 4 is 15.9 Å². The first kappa shape index (κ1) is 13.1. The molecule has 94 valence electrons. The summed E-state index contributed by atoms with van der Waals surface area (Å²) in [5.41, 5.74) is 4.38. The normalized spacial score (nSPS) is 12.4. The summed E-state index contributed by atoms with van der Waals surface area (Å²) < 4.78 is 14.1. The van der Waals surface area contributed by atoms with E-state index in [1.807, 2.05) is 0 Å². The number of hydrogen-bond donors (Lipinski definition) is 2. The number of hydrogen-bond acceptors (Lipinski definition) is 4. The van der Waals surface area contributed by atoms with Crippen molar-refractivity contribution in [2.75, 3.05) is 0 Å². The molecule has 0 amide bonds. The summed E-state index contributed by atoms with van der Waals surface area (Å²) in [6.45, 7) is 0. The molecule has 1 unspecified atom stereocenters. The number of nitrogens with two attached hydrogens (primary N) is 1. The van der Waals surface area contributed by atoms with Gasteiger partial charge in [-0.1, -0.05) is 15.9 Å². The molecule has 2 rings (SSSR count). The summed E-state index contributed by atoms with van der Waals surface area (Å²) in [6, 6.07) is 4.41. The molecule has 0 bridgehead atoms. The van der Waals surface area contributed by atoms with Crippen LogP contribution < -0.4 is 11.3 Å². The zero-order chi connectivity index (χ0) is 13.0. The second-order valence-corrected chi connectivity index (χ2v) is 4.69. The van der Waals surface area contributed by atoms with E-state index in [4.69, 9.17) is 5.84 Å². The van der Waals surface area contributed by atoms with Crippen molar-refractivity contribution in [3.63, 3.8) is 0 Å². The molecule has 3 N–H and O–H groups in total. The summed E-state index contributed by atoms with van der Waals surface area (Å²) in [5, 5.41) is 0. The Balaban J connectivity index is 2.23. The molecule has 1 atom stereocenters. The van der Waals surface area contributed by atoms with E-state index in [0.29, 0.717) is 6.42 Å². The van der Waals surface area contributed by atoms with E-state index in [0.717, 1.165) is 15.6 Å². The quantitative estimate of drug-likeness (QED) is 0.671. The van der Waals surface area contributed by atoms with Gasteiger partial charge >= 0.3 is 0 Å². The van der Waals surface area contributed by atoms with Crippen LogP contribution in [0, 0.1) is 5.82 Å². The van der Waals surface area contributed by atoms with Gasteiger partial charge in [0.2, 0.25) is 0 Å². The largest absolute Gasteiger partial charge is 0.271 e. The first-order valence-corrected chi connectivity index (χ1v) is 6.15. The van der Waals surface area contributed by atoms with Crippen LogP contribution in [0.3, 0.4) is 0 Å². The second kappa shape index (κ2) is 5.99. The predicted molar refractivity (Wildman–Crippen MR) is 69.9 cm³/mol. The van der Waals surface area contributed by atoms with E-state index in [-0.39, 0.29) is 11.9 Å². The van der Waals surface area contributed by atoms with Gasteiger partial charge in [0.25, 0.3) is 0 Å². The van der Waals surface area contributed by atoms with Crippen molar-refractivity contribution in [3.8, 4) is 0 Å². The first-order valence-electron chi connectivity index (χ1n) is 5.35. The fourth-order valence-electron chi connectivity index (χ4n) is 1.68. The van der Waals surface area contributed by atoms with Crippen molar-refractivity contribution in [3.05, 3.63) is 58.3 Å². The maximum absolute atomic E-state index is 13.2. The molecule has 0 saturated heterocycles. The van der Waals surface area contributed by atoms with Gasteiger partial charge in [-0.3, -0.25) is 11.3 Å². The van der Waals surface area contributed by atoms with Gasteiger partial charge in [0.15, 0.2) is 0 Å². The van der Waals surface area contributed by atoms with E-state index >= 15 is 0 Å². The average Bonchev–Trinajstić information content (AvgIpc) is 2.41. The van der Waals surface area contributed by atoms with Crippen LogP contribution in [0.2, 0.25) is 0 Å². The Bertz CT molecular complexity index is 521. The van der Waals surface area contributed by atoms with Crippen molar-refractivity contribution in [2.24, 2.45) is 5.84 Å². The van der Waals surface area contributed by atoms with Crippen molar-refractivity contribution in [2.45, 2.75) is 12.5 Å². The van der Waals surface area contributed by atoms with Gasteiger partial charge in [-0.05, 0) is 30.2 Å². The van der Waals surface area contributed by atoms with Crippen molar-refractivity contribution in [1.29, 1.82) is 0 Å². The predicted octanol–water partition coefficient (Wildman–Crippen LogP) is 2.13. The van der Waals surface area contributed by atoms with Crippen LogP contribution in [0.15, 0.2) is 41.4 Å². The number of aromatic nitrogens is 2. The zero-order valence-corrected chi connectivity index (χ0v) is 11.1. The number of halogens is 2. The SMILES string of the molecule is NNC(Cc1cc(F)ccc1Br)c1cncnc1. The summed E-state index contributed by atoms with van der Waals surface area (Å²) in [4.78, 5) is 7.89. The number of nitrogens with zero attached hydrogens (tertiary/aromatic N) is 2. The van der Waals surface area contributed by atoms with Crippen molar-refractivity contribution in [1.82, 2.24) is 15.4 Å². The van der Waals surface area contributed by atoms with E-state index < -0.39 is 0 Å². The lowest BCUT2D eigenvalue weighted by Gasteiger charge is -2.16. The molecule has 0 aliphatic rings. The summed E-state index contributed by atoms with van der Waals surface area (Å²) >= 11 is 3.39. The average molecular weight is 311 g/mol. The van der Waals surface area contributed by atoms with Crippen LogP contribution in [0.1, 0.15) is 17.2 Å². The fourth-order valence-corrected chi connectivity index (χ4v) is 2.09. The Kier molecular flexibility index (Phi) is 4.35. The van der Waals surface area contributed by atoms with Gasteiger partial charge in [-0.25, -0.2) is 14.4 Å². The summed E-state index contributed by atoms with van der Waals surface area (Å²) in [5.74, 6) is 5.26. The topological polar surface area (TPSA) is 63.8 Å². The minimum atomic E-state index is -0.270. The van der Waals surface area contributed by atoms with Gasteiger partial charge in [0, 0.05) is 22.4 Å². The highest BCUT2D eigenvalue weighted by atomic mass is 79.9. The van der Waals surface area contributed by atoms with Crippen LogP contribution in [0.4, 0.5) is 4.39 Å². The maximum atomic E-state index is 13.2. The number of rotatable bonds is 4. The molecule has 0 saturated carbocycles. The number of hydrazine groups is 1. The summed E-state index contributed by atoms with van der Waals surface area (Å²) in [7, 11) is 0. The van der Waals surface area contributed by atoms with Crippen LogP contribution in [0.25, 0.3) is 0 Å². The second-order valence-electron chi connectivity index (χ2n) is 3.83. The molecule has 6 heteroatoms. The fraction of sp³-hybridized carbons (Fsp3) is 0.167. The van der Waals surface area contributed by atoms with E-state index in [2.05, 4.69) is 31.3 Å². The Hall–Kier alpha value is -1.37. The van der Waals surface area contributed by atoms with Crippen LogP contribution in [-0.4, -0.2) is 9.97 Å². The first-order chi connectivity index (χ1) is 8.70. The molecule has 0 radical (unpaired) electrons. The van der Waals surface area contributed by atoms with Crippen LogP contribution >= 0.6 is 15.9 Å². The lowest BCUT2D eigenvalue weighted by Crippen LogP contribution is -2.29. The van der Waals surface area contributed by atoms with Crippen molar-refractivity contribution < 1.29 is 4.39 Å². The lowest BCUT2D eigenvalue weighted by molar-refractivity contribution is 0.544. The smallest absolute Gasteiger partial charge is 0.123 e. The Labute approximate surface area is 113 Å². The molecule has 0 aliphatic heterocycles. The third-order valence-electron chi connectivity index (χ3n) is 2.62. The highest BCUT2D eigenvalue weighted by Crippen LogP contribution is 2.23. The Morgan fingerprint density at radius 2 is 2.06 bits per heavy atom. The number of benzene rings is 1. The van der Waals surface area contributed by atoms with Gasteiger partial charge in [-0.2, -0.15) is 0 Å². The van der Waals surface area contributed by atoms with Crippen LogP contribution in [-0.2, 0) is 6.42 Å². The number of nitrogens with one attached hydrogen (secondary N) is 1. The molecule has 0 aliphatic carbocycles. The third kappa shape index (κ3) is 3.10. The van der Waals surface area contributed by atoms with E-state index in [9.17, 15) is 4.39 Å². The van der Waals surface area contributed by atoms with Crippen LogP contribution in [0.5, 0.6) is 0 Å². The molecule has 0 fully saturated rings. The monoisotopic (exact) mass is 310 g/mol. The molecule has 4 nitrogen and oxygen atoms in total. The van der Waals surface area contributed by atoms with E-state index in [1.165, 1.54) is 18.5 Å². The van der Waals surface area contributed by atoms with Gasteiger partial charge in [0.1, 0.15) is 12.1 Å². The highest BCUT2D eigenvalue weighted by Gasteiger charge is 2.13. The summed E-state index contributed by atoms with van der Waals surface area (Å²) in [6.07, 6.45) is 5.37. The lowest BCUT2D eigenvalue weighted by atomic mass is 10.0. The molecule has 18 heavy (non-hydrogen) atoms. The minimum Gasteiger partial charge on any atom is -0.271 e. The Morgan fingerprint density at radius 1 is 1.33 bits per heavy atom. The molecular weight excluding hydrogens is 299 g/mol. The third-order valence-corrected chi connectivity index (χ3v) is 3.39. The molecule has 0 spiro atoms. The van der Waals surface area contributed by atoms with E-state index in [1.54, 1.807) is 18.5 Å². The highest BCUT2D eigenvalue weighted by molar-refractivity contribution is 9.10. The standard InChI is InChI=1S/C12H12BrFN4/c13-11-2-1-10(14)3-8(11)4-12(18-15)9-5-16-7-17-6-9/h1-3,5-7,12,18H,4,15H2.